The summed E-state index contributed by atoms with van der Waals surface area (Å²) in [6.07, 6.45) is -0.0572. The van der Waals surface area contributed by atoms with Crippen LogP contribution < -0.4 is 23.9 Å². The molecule has 3 amide bonds. The number of imide groups is 1. The minimum absolute atomic E-state index is 0. The van der Waals surface area contributed by atoms with Crippen LogP contribution in [0.4, 0.5) is 9.59 Å². The fraction of sp³-hybridized carbons (Fsp3) is 0.333. The van der Waals surface area contributed by atoms with Gasteiger partial charge in [0.05, 0.1) is 0 Å². The van der Waals surface area contributed by atoms with E-state index < -0.39 is 12.1 Å². The lowest BCUT2D eigenvalue weighted by Gasteiger charge is -2.14. The maximum atomic E-state index is 11.3. The van der Waals surface area contributed by atoms with E-state index >= 15 is 0 Å². The number of carbonyl (C=O) groups excluding carboxylic acids is 2. The summed E-state index contributed by atoms with van der Waals surface area (Å²) in [7, 11) is 1.26. The first kappa shape index (κ1) is 17.2. The predicted molar refractivity (Wildman–Crippen MR) is 65.5 cm³/mol. The fourth-order valence-electron chi connectivity index (χ4n) is 1.38. The molecule has 1 atom stereocenters. The van der Waals surface area contributed by atoms with E-state index in [2.05, 4.69) is 5.73 Å². The third-order valence-corrected chi connectivity index (χ3v) is 2.41. The summed E-state index contributed by atoms with van der Waals surface area (Å²) in [5.74, 6) is 0. The quantitative estimate of drug-likeness (QED) is 0.617. The standard InChI is InChI=1S/C12H17N3O3.ClH/c1-15(11(14)16)12(17)18-8-10(13)7-9-5-3-2-4-6-9;/h2-6,10H,7-8,13H2,1H3,(H2,14,16);1H. The first-order valence-electron chi connectivity index (χ1n) is 5.57. The van der Waals surface area contributed by atoms with E-state index in [1.807, 2.05) is 30.3 Å². The number of nitrogens with two attached hydrogens (primary N) is 1. The summed E-state index contributed by atoms with van der Waals surface area (Å²) in [4.78, 5) is 22.7. The minimum Gasteiger partial charge on any atom is -1.00 e. The van der Waals surface area contributed by atoms with Gasteiger partial charge in [0.2, 0.25) is 0 Å². The monoisotopic (exact) mass is 287 g/mol. The Labute approximate surface area is 118 Å². The number of ether oxygens (including phenoxy) is 1. The Kier molecular flexibility index (Phi) is 7.55. The van der Waals surface area contributed by atoms with Crippen molar-refractivity contribution < 1.29 is 32.5 Å². The number of rotatable bonds is 4. The molecule has 0 fully saturated rings. The van der Waals surface area contributed by atoms with Crippen molar-refractivity contribution >= 4 is 12.1 Å². The molecule has 0 heterocycles. The van der Waals surface area contributed by atoms with Gasteiger partial charge in [0, 0.05) is 13.5 Å². The number of nitrogens with zero attached hydrogens (tertiary/aromatic N) is 1. The number of urea groups is 1. The zero-order valence-electron chi connectivity index (χ0n) is 10.7. The number of benzene rings is 1. The third-order valence-electron chi connectivity index (χ3n) is 2.41. The highest BCUT2D eigenvalue weighted by molar-refractivity contribution is 5.89. The molecule has 0 radical (unpaired) electrons. The zero-order valence-corrected chi connectivity index (χ0v) is 11.5. The van der Waals surface area contributed by atoms with Gasteiger partial charge >= 0.3 is 12.1 Å². The second-order valence-electron chi connectivity index (χ2n) is 4.03. The van der Waals surface area contributed by atoms with E-state index in [0.29, 0.717) is 6.42 Å². The van der Waals surface area contributed by atoms with Gasteiger partial charge in [-0.3, -0.25) is 0 Å². The minimum atomic E-state index is -0.844. The third kappa shape index (κ3) is 6.08. The van der Waals surface area contributed by atoms with Crippen LogP contribution in [0.3, 0.4) is 0 Å². The number of carbonyl (C=O) groups is 2. The highest BCUT2D eigenvalue weighted by Crippen LogP contribution is 2.01. The number of quaternary nitrogens is 1. The van der Waals surface area contributed by atoms with E-state index in [9.17, 15) is 9.59 Å². The molecule has 1 aromatic carbocycles. The van der Waals surface area contributed by atoms with Crippen molar-refractivity contribution in [3.63, 3.8) is 0 Å². The Balaban J connectivity index is 0.00000324. The van der Waals surface area contributed by atoms with Gasteiger partial charge < -0.3 is 28.6 Å². The van der Waals surface area contributed by atoms with Gasteiger partial charge in [0.25, 0.3) is 0 Å². The lowest BCUT2D eigenvalue weighted by molar-refractivity contribution is -0.424. The molecule has 0 aliphatic heterocycles. The van der Waals surface area contributed by atoms with Crippen molar-refractivity contribution in [1.82, 2.24) is 4.90 Å². The van der Waals surface area contributed by atoms with Crippen molar-refractivity contribution in [3.05, 3.63) is 35.9 Å². The molecule has 106 valence electrons. The molecule has 0 aliphatic carbocycles. The van der Waals surface area contributed by atoms with Gasteiger partial charge in [-0.15, -0.1) is 0 Å². The molecule has 19 heavy (non-hydrogen) atoms. The summed E-state index contributed by atoms with van der Waals surface area (Å²) in [5.41, 5.74) is 9.96. The van der Waals surface area contributed by atoms with E-state index in [1.54, 1.807) is 0 Å². The van der Waals surface area contributed by atoms with Crippen molar-refractivity contribution in [3.8, 4) is 0 Å². The highest BCUT2D eigenvalue weighted by atomic mass is 35.5. The molecule has 1 unspecified atom stereocenters. The Hall–Kier alpha value is -1.79. The highest BCUT2D eigenvalue weighted by Gasteiger charge is 2.17. The summed E-state index contributed by atoms with van der Waals surface area (Å²) < 4.78 is 4.92. The van der Waals surface area contributed by atoms with Crippen molar-refractivity contribution in [1.29, 1.82) is 0 Å². The van der Waals surface area contributed by atoms with Gasteiger partial charge in [-0.05, 0) is 5.56 Å². The molecule has 0 saturated heterocycles. The van der Waals surface area contributed by atoms with E-state index in [-0.39, 0.29) is 25.1 Å². The molecule has 5 N–H and O–H groups in total. The Bertz CT molecular complexity index is 414. The first-order chi connectivity index (χ1) is 8.50. The molecule has 1 aromatic rings. The van der Waals surface area contributed by atoms with Crippen LogP contribution >= 0.6 is 0 Å². The Morgan fingerprint density at radius 1 is 1.37 bits per heavy atom. The average molecular weight is 288 g/mol. The van der Waals surface area contributed by atoms with Crippen molar-refractivity contribution in [2.24, 2.45) is 5.73 Å². The van der Waals surface area contributed by atoms with E-state index in [1.165, 1.54) is 7.05 Å². The van der Waals surface area contributed by atoms with Crippen LogP contribution in [0.25, 0.3) is 0 Å². The summed E-state index contributed by atoms with van der Waals surface area (Å²) >= 11 is 0. The van der Waals surface area contributed by atoms with E-state index in [0.717, 1.165) is 10.5 Å². The van der Waals surface area contributed by atoms with Crippen LogP contribution in [0.5, 0.6) is 0 Å². The lowest BCUT2D eigenvalue weighted by Crippen LogP contribution is -3.00. The second kappa shape index (κ2) is 8.34. The van der Waals surface area contributed by atoms with E-state index in [4.69, 9.17) is 10.5 Å². The van der Waals surface area contributed by atoms with Gasteiger partial charge in [-0.1, -0.05) is 30.3 Å². The molecule has 0 saturated carbocycles. The van der Waals surface area contributed by atoms with Gasteiger partial charge in [-0.2, -0.15) is 0 Å². The largest absolute Gasteiger partial charge is 1.00 e. The lowest BCUT2D eigenvalue weighted by atomic mass is 10.1. The summed E-state index contributed by atoms with van der Waals surface area (Å²) in [6.45, 7) is 0.144. The Morgan fingerprint density at radius 3 is 2.47 bits per heavy atom. The molecule has 0 aromatic heterocycles. The van der Waals surface area contributed by atoms with Crippen LogP contribution in [0, 0.1) is 0 Å². The van der Waals surface area contributed by atoms with Crippen LogP contribution in [0.15, 0.2) is 30.3 Å². The smallest absolute Gasteiger partial charge is 0.417 e. The summed E-state index contributed by atoms with van der Waals surface area (Å²) in [5, 5.41) is 0. The maximum Gasteiger partial charge on any atom is 0.417 e. The number of amides is 3. The van der Waals surface area contributed by atoms with Crippen LogP contribution in [0.2, 0.25) is 0 Å². The number of primary amides is 1. The Morgan fingerprint density at radius 2 is 1.95 bits per heavy atom. The van der Waals surface area contributed by atoms with Gasteiger partial charge in [-0.25, -0.2) is 14.5 Å². The normalized spacial score (nSPS) is 11.1. The van der Waals surface area contributed by atoms with Crippen LogP contribution in [0.1, 0.15) is 5.56 Å². The fourth-order valence-corrected chi connectivity index (χ4v) is 1.38. The first-order valence-corrected chi connectivity index (χ1v) is 5.57. The molecule has 6 nitrogen and oxygen atoms in total. The zero-order chi connectivity index (χ0) is 13.5. The molecular formula is C12H18ClN3O3. The average Bonchev–Trinajstić information content (AvgIpc) is 2.36. The predicted octanol–water partition coefficient (Wildman–Crippen LogP) is -3.01. The molecule has 0 bridgehead atoms. The topological polar surface area (TPSA) is 100 Å². The van der Waals surface area contributed by atoms with Gasteiger partial charge in [0.1, 0.15) is 12.6 Å². The molecule has 0 spiro atoms. The van der Waals surface area contributed by atoms with Crippen molar-refractivity contribution in [2.75, 3.05) is 13.7 Å². The van der Waals surface area contributed by atoms with Gasteiger partial charge in [0.15, 0.2) is 0 Å². The molecule has 1 rings (SSSR count). The molecular weight excluding hydrogens is 270 g/mol. The second-order valence-corrected chi connectivity index (χ2v) is 4.03. The van der Waals surface area contributed by atoms with Crippen LogP contribution in [-0.2, 0) is 11.2 Å². The SMILES string of the molecule is CN(C(N)=O)C(=O)OCC([NH3+])Cc1ccccc1.[Cl-]. The maximum absolute atomic E-state index is 11.3. The van der Waals surface area contributed by atoms with Crippen molar-refractivity contribution in [2.45, 2.75) is 12.5 Å². The number of hydrogen-bond donors (Lipinski definition) is 2. The number of hydrogen-bond acceptors (Lipinski definition) is 3. The molecule has 0 aliphatic rings. The van der Waals surface area contributed by atoms with Crippen LogP contribution in [-0.4, -0.2) is 36.7 Å². The number of halogens is 1. The molecule has 7 heteroatoms. The summed E-state index contributed by atoms with van der Waals surface area (Å²) in [6, 6.07) is 8.86.